The molecular formula is C20H25N7O. The monoisotopic (exact) mass is 379 g/mol. The van der Waals surface area contributed by atoms with Gasteiger partial charge in [0.2, 0.25) is 5.82 Å². The van der Waals surface area contributed by atoms with E-state index < -0.39 is 0 Å². The molecule has 1 N–H and O–H groups in total. The molecular weight excluding hydrogens is 354 g/mol. The zero-order valence-electron chi connectivity index (χ0n) is 16.6. The second-order valence-corrected chi connectivity index (χ2v) is 7.13. The van der Waals surface area contributed by atoms with Gasteiger partial charge in [0.15, 0.2) is 0 Å². The Morgan fingerprint density at radius 3 is 2.71 bits per heavy atom. The van der Waals surface area contributed by atoms with Gasteiger partial charge in [-0.3, -0.25) is 4.79 Å². The Kier molecular flexibility index (Phi) is 5.98. The van der Waals surface area contributed by atoms with Crippen LogP contribution >= 0.6 is 0 Å². The van der Waals surface area contributed by atoms with Crippen LogP contribution in [-0.2, 0) is 17.9 Å². The number of carbonyl (C=O) groups is 1. The smallest absolute Gasteiger partial charge is 0.263 e. The van der Waals surface area contributed by atoms with E-state index in [1.807, 2.05) is 30.3 Å². The minimum Gasteiger partial charge on any atom is -0.348 e. The summed E-state index contributed by atoms with van der Waals surface area (Å²) in [5.41, 5.74) is 6.67. The number of aryl methyl sites for hydroxylation is 1. The second kappa shape index (κ2) is 8.60. The van der Waals surface area contributed by atoms with E-state index in [-0.39, 0.29) is 12.5 Å². The molecule has 2 heterocycles. The predicted octanol–water partition coefficient (Wildman–Crippen LogP) is 2.56. The van der Waals surface area contributed by atoms with E-state index in [0.717, 1.165) is 23.4 Å². The van der Waals surface area contributed by atoms with Crippen molar-refractivity contribution in [1.29, 1.82) is 0 Å². The molecule has 0 unspecified atom stereocenters. The molecule has 1 amide bonds. The van der Waals surface area contributed by atoms with E-state index >= 15 is 0 Å². The lowest BCUT2D eigenvalue weighted by Crippen LogP contribution is -2.24. The Labute approximate surface area is 164 Å². The van der Waals surface area contributed by atoms with E-state index in [1.54, 1.807) is 6.21 Å². The molecule has 0 aliphatic carbocycles. The molecule has 8 nitrogen and oxygen atoms in total. The molecule has 28 heavy (non-hydrogen) atoms. The number of nitrogens with zero attached hydrogens (tertiary/aromatic N) is 6. The summed E-state index contributed by atoms with van der Waals surface area (Å²) < 4.78 is 2.26. The van der Waals surface area contributed by atoms with Gasteiger partial charge in [0, 0.05) is 29.1 Å². The third kappa shape index (κ3) is 4.70. The number of tetrazole rings is 1. The molecule has 3 rings (SSSR count). The number of hydrogen-bond acceptors (Lipinski definition) is 5. The van der Waals surface area contributed by atoms with Crippen LogP contribution < -0.4 is 5.43 Å². The molecule has 0 atom stereocenters. The fourth-order valence-electron chi connectivity index (χ4n) is 2.96. The van der Waals surface area contributed by atoms with Crippen molar-refractivity contribution in [2.24, 2.45) is 11.0 Å². The van der Waals surface area contributed by atoms with Crippen LogP contribution in [0.5, 0.6) is 0 Å². The molecule has 0 aliphatic rings. The standard InChI is InChI=1S/C20H25N7O/c1-14(2)12-26-15(3)10-18(16(26)4)11-21-22-19(28)13-27-24-20(23-25-27)17-8-6-5-7-9-17/h5-11,14H,12-13H2,1-4H3,(H,22,28)/b21-11+. The largest absolute Gasteiger partial charge is 0.348 e. The van der Waals surface area contributed by atoms with Gasteiger partial charge in [0.1, 0.15) is 6.54 Å². The van der Waals surface area contributed by atoms with Crippen molar-refractivity contribution in [3.63, 3.8) is 0 Å². The molecule has 0 radical (unpaired) electrons. The Balaban J connectivity index is 1.58. The minimum atomic E-state index is -0.316. The number of aromatic nitrogens is 5. The normalized spacial score (nSPS) is 11.5. The first kappa shape index (κ1) is 19.5. The highest BCUT2D eigenvalue weighted by Gasteiger charge is 2.10. The van der Waals surface area contributed by atoms with Gasteiger partial charge in [-0.15, -0.1) is 10.2 Å². The van der Waals surface area contributed by atoms with Crippen molar-refractivity contribution in [3.05, 3.63) is 53.3 Å². The first-order valence-corrected chi connectivity index (χ1v) is 9.26. The molecule has 0 bridgehead atoms. The summed E-state index contributed by atoms with van der Waals surface area (Å²) in [6.07, 6.45) is 1.67. The average molecular weight is 379 g/mol. The summed E-state index contributed by atoms with van der Waals surface area (Å²) in [5, 5.41) is 16.2. The van der Waals surface area contributed by atoms with Crippen molar-refractivity contribution in [1.82, 2.24) is 30.2 Å². The fraction of sp³-hybridized carbons (Fsp3) is 0.350. The first-order valence-electron chi connectivity index (χ1n) is 9.26. The van der Waals surface area contributed by atoms with Crippen LogP contribution in [0.3, 0.4) is 0 Å². The summed E-state index contributed by atoms with van der Waals surface area (Å²) in [6, 6.07) is 11.6. The van der Waals surface area contributed by atoms with Crippen LogP contribution in [0.25, 0.3) is 11.4 Å². The van der Waals surface area contributed by atoms with Crippen LogP contribution in [0, 0.1) is 19.8 Å². The van der Waals surface area contributed by atoms with E-state index in [2.05, 4.69) is 64.3 Å². The topological polar surface area (TPSA) is 90.0 Å². The maximum Gasteiger partial charge on any atom is 0.263 e. The minimum absolute atomic E-state index is 0.0520. The number of carbonyl (C=O) groups excluding carboxylic acids is 1. The van der Waals surface area contributed by atoms with Crippen LogP contribution in [0.4, 0.5) is 0 Å². The fourth-order valence-corrected chi connectivity index (χ4v) is 2.96. The van der Waals surface area contributed by atoms with Crippen molar-refractivity contribution in [2.75, 3.05) is 0 Å². The summed E-state index contributed by atoms with van der Waals surface area (Å²) in [6.45, 7) is 9.42. The molecule has 0 fully saturated rings. The average Bonchev–Trinajstić information content (AvgIpc) is 3.22. The lowest BCUT2D eigenvalue weighted by molar-refractivity contribution is -0.122. The molecule has 2 aromatic heterocycles. The maximum absolute atomic E-state index is 12.1. The zero-order valence-corrected chi connectivity index (χ0v) is 16.6. The van der Waals surface area contributed by atoms with Crippen LogP contribution in [-0.4, -0.2) is 36.9 Å². The van der Waals surface area contributed by atoms with Crippen LogP contribution in [0.15, 0.2) is 41.5 Å². The Morgan fingerprint density at radius 2 is 2.00 bits per heavy atom. The van der Waals surface area contributed by atoms with Crippen molar-refractivity contribution >= 4 is 12.1 Å². The van der Waals surface area contributed by atoms with Crippen molar-refractivity contribution < 1.29 is 4.79 Å². The summed E-state index contributed by atoms with van der Waals surface area (Å²) in [7, 11) is 0. The van der Waals surface area contributed by atoms with Gasteiger partial charge >= 0.3 is 0 Å². The number of hydrogen-bond donors (Lipinski definition) is 1. The highest BCUT2D eigenvalue weighted by Crippen LogP contribution is 2.15. The molecule has 0 saturated heterocycles. The molecule has 0 spiro atoms. The summed E-state index contributed by atoms with van der Waals surface area (Å²) in [4.78, 5) is 13.3. The molecule has 8 heteroatoms. The maximum atomic E-state index is 12.1. The van der Waals surface area contributed by atoms with Gasteiger partial charge in [0.25, 0.3) is 5.91 Å². The summed E-state index contributed by atoms with van der Waals surface area (Å²) in [5.74, 6) is 0.726. The van der Waals surface area contributed by atoms with E-state index in [4.69, 9.17) is 0 Å². The van der Waals surface area contributed by atoms with Gasteiger partial charge in [-0.05, 0) is 31.0 Å². The van der Waals surface area contributed by atoms with Gasteiger partial charge in [-0.2, -0.15) is 9.90 Å². The van der Waals surface area contributed by atoms with Crippen LogP contribution in [0.2, 0.25) is 0 Å². The third-order valence-corrected chi connectivity index (χ3v) is 4.32. The SMILES string of the molecule is Cc1cc(/C=N/NC(=O)Cn2nnc(-c3ccccc3)n2)c(C)n1CC(C)C. The third-order valence-electron chi connectivity index (χ3n) is 4.32. The first-order chi connectivity index (χ1) is 13.4. The van der Waals surface area contributed by atoms with E-state index in [0.29, 0.717) is 11.7 Å². The number of hydrazone groups is 1. The highest BCUT2D eigenvalue weighted by atomic mass is 16.2. The zero-order chi connectivity index (χ0) is 20.1. The Bertz CT molecular complexity index is 970. The highest BCUT2D eigenvalue weighted by molar-refractivity contribution is 5.83. The Hall–Kier alpha value is -3.29. The lowest BCUT2D eigenvalue weighted by atomic mass is 10.2. The Morgan fingerprint density at radius 1 is 1.25 bits per heavy atom. The van der Waals surface area contributed by atoms with E-state index in [1.165, 1.54) is 10.5 Å². The molecule has 1 aromatic carbocycles. The molecule has 3 aromatic rings. The quantitative estimate of drug-likeness (QED) is 0.505. The van der Waals surface area contributed by atoms with E-state index in [9.17, 15) is 4.79 Å². The molecule has 146 valence electrons. The summed E-state index contributed by atoms with van der Waals surface area (Å²) >= 11 is 0. The van der Waals surface area contributed by atoms with Crippen molar-refractivity contribution in [2.45, 2.75) is 40.8 Å². The van der Waals surface area contributed by atoms with Gasteiger partial charge in [0.05, 0.1) is 6.21 Å². The predicted molar refractivity (Wildman–Crippen MR) is 108 cm³/mol. The lowest BCUT2D eigenvalue weighted by Gasteiger charge is -2.11. The number of benzene rings is 1. The van der Waals surface area contributed by atoms with Crippen molar-refractivity contribution in [3.8, 4) is 11.4 Å². The van der Waals surface area contributed by atoms with Gasteiger partial charge < -0.3 is 4.57 Å². The number of nitrogens with one attached hydrogen (secondary N) is 1. The number of rotatable bonds is 7. The second-order valence-electron chi connectivity index (χ2n) is 7.13. The molecule has 0 aliphatic heterocycles. The van der Waals surface area contributed by atoms with Gasteiger partial charge in [-0.1, -0.05) is 44.2 Å². The van der Waals surface area contributed by atoms with Gasteiger partial charge in [-0.25, -0.2) is 5.43 Å². The number of amides is 1. The van der Waals surface area contributed by atoms with Crippen LogP contribution in [0.1, 0.15) is 30.8 Å². The molecule has 0 saturated carbocycles.